The van der Waals surface area contributed by atoms with Gasteiger partial charge in [0.05, 0.1) is 17.7 Å². The van der Waals surface area contributed by atoms with Gasteiger partial charge in [0.25, 0.3) is 5.91 Å². The van der Waals surface area contributed by atoms with E-state index in [0.29, 0.717) is 25.8 Å². The highest BCUT2D eigenvalue weighted by molar-refractivity contribution is 14.1. The Morgan fingerprint density at radius 1 is 1.44 bits per heavy atom. The number of hydrogen-bond donors (Lipinski definition) is 2. The van der Waals surface area contributed by atoms with Gasteiger partial charge >= 0.3 is 0 Å². The first-order valence-corrected chi connectivity index (χ1v) is 12.6. The molecule has 1 saturated carbocycles. The Morgan fingerprint density at radius 2 is 2.28 bits per heavy atom. The number of alkyl halides is 2. The lowest BCUT2D eigenvalue weighted by Crippen LogP contribution is -2.41. The highest BCUT2D eigenvalue weighted by Crippen LogP contribution is 2.47. The van der Waals surface area contributed by atoms with Crippen LogP contribution < -0.4 is 0 Å². The van der Waals surface area contributed by atoms with Crippen LogP contribution in [0.2, 0.25) is 0 Å². The minimum atomic E-state index is -1.54. The summed E-state index contributed by atoms with van der Waals surface area (Å²) in [5.41, 5.74) is 1.34. The van der Waals surface area contributed by atoms with E-state index in [2.05, 4.69) is 15.0 Å². The van der Waals surface area contributed by atoms with Gasteiger partial charge in [0.2, 0.25) is 11.7 Å². The van der Waals surface area contributed by atoms with Crippen molar-refractivity contribution in [2.24, 2.45) is 4.47 Å². The monoisotopic (exact) mass is 568 g/mol. The lowest BCUT2D eigenvalue weighted by atomic mass is 10.1. The van der Waals surface area contributed by atoms with Crippen LogP contribution in [0.1, 0.15) is 55.9 Å². The number of halogens is 2. The van der Waals surface area contributed by atoms with Gasteiger partial charge in [0.15, 0.2) is 4.18 Å². The quantitative estimate of drug-likeness (QED) is 0.432. The molecule has 2 N–H and O–H groups in total. The molecule has 1 aliphatic carbocycles. The molecule has 0 radical (unpaired) electrons. The summed E-state index contributed by atoms with van der Waals surface area (Å²) in [5, 5.41) is 13.7. The topological polar surface area (TPSA) is 111 Å². The fourth-order valence-electron chi connectivity index (χ4n) is 3.96. The third-order valence-corrected chi connectivity index (χ3v) is 8.20. The number of hydrogen-bond acceptors (Lipinski definition) is 7. The van der Waals surface area contributed by atoms with Crippen molar-refractivity contribution in [3.63, 3.8) is 0 Å². The smallest absolute Gasteiger partial charge is 0.293 e. The molecule has 2 unspecified atom stereocenters. The van der Waals surface area contributed by atoms with Crippen molar-refractivity contribution in [3.05, 3.63) is 70.6 Å². The maximum atomic E-state index is 14.4. The third kappa shape index (κ3) is 3.18. The summed E-state index contributed by atoms with van der Waals surface area (Å²) in [6, 6.07) is 0. The van der Waals surface area contributed by atoms with E-state index in [1.54, 1.807) is 38.8 Å². The van der Waals surface area contributed by atoms with E-state index < -0.39 is 31.8 Å². The molecular formula is C20H18FIN6O3S. The molecular weight excluding hydrogens is 550 g/mol. The van der Waals surface area contributed by atoms with Gasteiger partial charge in [-0.15, -0.1) is 4.47 Å². The molecule has 0 saturated heterocycles. The molecule has 12 heteroatoms. The van der Waals surface area contributed by atoms with Gasteiger partial charge in [-0.05, 0) is 58.3 Å². The van der Waals surface area contributed by atoms with E-state index in [-0.39, 0.29) is 17.3 Å². The number of carbonyl (C=O) groups is 1. The second-order valence-electron chi connectivity index (χ2n) is 7.95. The van der Waals surface area contributed by atoms with Crippen LogP contribution in [0, 0.1) is 0 Å². The second-order valence-corrected chi connectivity index (χ2v) is 10.6. The number of nitrogens with zero attached hydrogens (tertiary/aromatic N) is 5. The SMILES string of the molecule is O=C(c1oc(C2(O)CC2)nc1C(F)I)N1CCc2[nH]cnc2[C@@H]1S1=NN2C=CC=CC2=C1. The van der Waals surface area contributed by atoms with Crippen LogP contribution in [0.5, 0.6) is 0 Å². The van der Waals surface area contributed by atoms with Gasteiger partial charge in [-0.2, -0.15) is 0 Å². The summed E-state index contributed by atoms with van der Waals surface area (Å²) in [6.45, 7) is 0.393. The Bertz CT molecular complexity index is 1240. The number of aliphatic hydroxyl groups is 1. The first-order valence-electron chi connectivity index (χ1n) is 10.1. The van der Waals surface area contributed by atoms with Crippen LogP contribution in [0.3, 0.4) is 0 Å². The zero-order valence-corrected chi connectivity index (χ0v) is 19.6. The highest BCUT2D eigenvalue weighted by atomic mass is 127. The number of aromatic nitrogens is 3. The van der Waals surface area contributed by atoms with Gasteiger partial charge in [0, 0.05) is 30.3 Å². The van der Waals surface area contributed by atoms with Crippen LogP contribution in [-0.2, 0) is 22.7 Å². The molecule has 1 amide bonds. The number of carbonyl (C=O) groups excluding carboxylic acids is 1. The minimum absolute atomic E-state index is 0.00621. The standard InChI is InChI=1S/C20H18FIN6O3S/c21-16(22)14-15(31-19(25-14)20(30)5-6-20)17(29)27-8-4-12-13(24-10-23-12)18(27)32-9-11-3-1-2-7-28(11)26-32/h1-3,7,9-10,16,18,30H,4-6,8H2,(H,23,24)/t16?,18-,32?/m0/s1. The van der Waals surface area contributed by atoms with Crippen LogP contribution in [-0.4, -0.2) is 42.4 Å². The summed E-state index contributed by atoms with van der Waals surface area (Å²) < 4.78 is 23.3. The summed E-state index contributed by atoms with van der Waals surface area (Å²) in [7, 11) is -0.711. The molecule has 4 aliphatic rings. The Hall–Kier alpha value is -2.32. The highest BCUT2D eigenvalue weighted by Gasteiger charge is 2.49. The number of aromatic amines is 1. The van der Waals surface area contributed by atoms with Crippen LogP contribution in [0.4, 0.5) is 4.39 Å². The zero-order chi connectivity index (χ0) is 22.0. The number of oxazole rings is 1. The van der Waals surface area contributed by atoms with Gasteiger partial charge in [-0.25, -0.2) is 19.4 Å². The summed E-state index contributed by atoms with van der Waals surface area (Å²) in [5.74, 6) is -0.635. The molecule has 2 aromatic rings. The molecule has 5 heterocycles. The minimum Gasteiger partial charge on any atom is -0.432 e. The molecule has 2 aromatic heterocycles. The molecule has 0 spiro atoms. The number of amides is 1. The van der Waals surface area contributed by atoms with E-state index >= 15 is 0 Å². The second kappa shape index (κ2) is 7.35. The zero-order valence-electron chi connectivity index (χ0n) is 16.6. The van der Waals surface area contributed by atoms with E-state index in [9.17, 15) is 14.3 Å². The number of H-pyrrole nitrogens is 1. The van der Waals surface area contributed by atoms with E-state index in [4.69, 9.17) is 8.89 Å². The molecule has 1 fully saturated rings. The molecule has 0 aromatic carbocycles. The average Bonchev–Trinajstić information content (AvgIpc) is 3.23. The lowest BCUT2D eigenvalue weighted by molar-refractivity contribution is 0.0670. The van der Waals surface area contributed by atoms with Crippen molar-refractivity contribution in [1.29, 1.82) is 0 Å². The summed E-state index contributed by atoms with van der Waals surface area (Å²) >= 11 is 1.56. The van der Waals surface area contributed by atoms with Crippen molar-refractivity contribution in [3.8, 4) is 0 Å². The van der Waals surface area contributed by atoms with E-state index in [0.717, 1.165) is 17.1 Å². The first kappa shape index (κ1) is 20.3. The number of allylic oxidation sites excluding steroid dienone is 3. The number of rotatable bonds is 4. The predicted octanol–water partition coefficient (Wildman–Crippen LogP) is 3.44. The normalized spacial score (nSPS) is 25.8. The van der Waals surface area contributed by atoms with Crippen molar-refractivity contribution < 1.29 is 18.7 Å². The number of imidazole rings is 1. The molecule has 3 aliphatic heterocycles. The van der Waals surface area contributed by atoms with E-state index in [1.807, 2.05) is 29.8 Å². The van der Waals surface area contributed by atoms with Gasteiger partial charge in [0.1, 0.15) is 16.7 Å². The van der Waals surface area contributed by atoms with Crippen molar-refractivity contribution in [2.75, 3.05) is 6.54 Å². The maximum Gasteiger partial charge on any atom is 0.293 e. The van der Waals surface area contributed by atoms with Crippen molar-refractivity contribution in [2.45, 2.75) is 34.4 Å². The van der Waals surface area contributed by atoms with Gasteiger partial charge < -0.3 is 19.4 Å². The van der Waals surface area contributed by atoms with Gasteiger partial charge in [-0.1, -0.05) is 6.08 Å². The molecule has 0 bridgehead atoms. The number of nitrogens with one attached hydrogen (secondary N) is 1. The van der Waals surface area contributed by atoms with Crippen LogP contribution in [0.15, 0.2) is 50.7 Å². The molecule has 3 atom stereocenters. The van der Waals surface area contributed by atoms with Crippen molar-refractivity contribution >= 4 is 39.2 Å². The molecule has 166 valence electrons. The number of fused-ring (bicyclic) bond motifs is 2. The van der Waals surface area contributed by atoms with Crippen LogP contribution >= 0.6 is 22.6 Å². The Balaban J connectivity index is 1.42. The average molecular weight is 568 g/mol. The Morgan fingerprint density at radius 3 is 3.03 bits per heavy atom. The fraction of sp³-hybridized carbons (Fsp3) is 0.350. The third-order valence-electron chi connectivity index (χ3n) is 5.83. The summed E-state index contributed by atoms with van der Waals surface area (Å²) in [4.78, 5) is 27.1. The molecule has 9 nitrogen and oxygen atoms in total. The van der Waals surface area contributed by atoms with Crippen molar-refractivity contribution in [1.82, 2.24) is 24.9 Å². The van der Waals surface area contributed by atoms with Crippen LogP contribution in [0.25, 0.3) is 0 Å². The Kier molecular flexibility index (Phi) is 4.66. The first-order chi connectivity index (χ1) is 15.4. The maximum absolute atomic E-state index is 14.4. The van der Waals surface area contributed by atoms with Gasteiger partial charge in [-0.3, -0.25) is 4.79 Å². The largest absolute Gasteiger partial charge is 0.432 e. The van der Waals surface area contributed by atoms with E-state index in [1.165, 1.54) is 0 Å². The molecule has 6 rings (SSSR count). The Labute approximate surface area is 198 Å². The fourth-order valence-corrected chi connectivity index (χ4v) is 6.33. The lowest BCUT2D eigenvalue weighted by Gasteiger charge is -2.34. The molecule has 32 heavy (non-hydrogen) atoms. The summed E-state index contributed by atoms with van der Waals surface area (Å²) in [6.07, 6.45) is 10.8. The predicted molar refractivity (Wildman–Crippen MR) is 122 cm³/mol.